The Morgan fingerprint density at radius 1 is 1.38 bits per heavy atom. The molecule has 1 aliphatic heterocycles. The molecule has 0 aromatic heterocycles. The summed E-state index contributed by atoms with van der Waals surface area (Å²) in [5, 5.41) is 3.24. The highest BCUT2D eigenvalue weighted by atomic mass is 32.2. The molecule has 0 radical (unpaired) electrons. The molecule has 6 heteroatoms. The van der Waals surface area contributed by atoms with Crippen LogP contribution in [0.5, 0.6) is 0 Å². The van der Waals surface area contributed by atoms with Crippen LogP contribution in [0.4, 0.5) is 0 Å². The van der Waals surface area contributed by atoms with Gasteiger partial charge in [-0.2, -0.15) is 17.4 Å². The minimum atomic E-state index is -3.33. The molecule has 0 saturated carbocycles. The van der Waals surface area contributed by atoms with Crippen LogP contribution in [0.25, 0.3) is 0 Å². The predicted molar refractivity (Wildman–Crippen MR) is 65.5 cm³/mol. The van der Waals surface area contributed by atoms with Gasteiger partial charge in [0.05, 0.1) is 0 Å². The lowest BCUT2D eigenvalue weighted by atomic mass is 10.2. The normalized spacial score (nSPS) is 23.7. The van der Waals surface area contributed by atoms with E-state index < -0.39 is 10.2 Å². The summed E-state index contributed by atoms with van der Waals surface area (Å²) in [7, 11) is -1.72. The molecule has 0 amide bonds. The van der Waals surface area contributed by atoms with E-state index in [2.05, 4.69) is 10.0 Å². The zero-order valence-corrected chi connectivity index (χ0v) is 11.2. The van der Waals surface area contributed by atoms with E-state index in [9.17, 15) is 8.42 Å². The Kier molecular flexibility index (Phi) is 5.17. The Hall–Kier alpha value is -0.170. The third-order valence-corrected chi connectivity index (χ3v) is 4.78. The van der Waals surface area contributed by atoms with Crippen molar-refractivity contribution in [3.8, 4) is 0 Å². The first-order valence-electron chi connectivity index (χ1n) is 5.89. The molecule has 0 spiro atoms. The molecule has 1 saturated heterocycles. The van der Waals surface area contributed by atoms with E-state index in [-0.39, 0.29) is 12.1 Å². The van der Waals surface area contributed by atoms with Gasteiger partial charge in [0.15, 0.2) is 0 Å². The van der Waals surface area contributed by atoms with Crippen molar-refractivity contribution in [2.24, 2.45) is 0 Å². The summed E-state index contributed by atoms with van der Waals surface area (Å²) < 4.78 is 28.0. The third kappa shape index (κ3) is 4.01. The second-order valence-corrected chi connectivity index (χ2v) is 6.39. The van der Waals surface area contributed by atoms with Gasteiger partial charge in [-0.05, 0) is 33.2 Å². The van der Waals surface area contributed by atoms with Gasteiger partial charge in [0.25, 0.3) is 10.2 Å². The summed E-state index contributed by atoms with van der Waals surface area (Å²) in [6.45, 7) is 5.44. The summed E-state index contributed by atoms with van der Waals surface area (Å²) in [5.74, 6) is 0. The predicted octanol–water partition coefficient (Wildman–Crippen LogP) is 0.303. The lowest BCUT2D eigenvalue weighted by Crippen LogP contribution is -2.48. The molecule has 1 heterocycles. The highest BCUT2D eigenvalue weighted by molar-refractivity contribution is 7.87. The number of rotatable bonds is 4. The summed E-state index contributed by atoms with van der Waals surface area (Å²) in [5.41, 5.74) is 0. The molecule has 0 aromatic carbocycles. The maximum absolute atomic E-state index is 11.9. The van der Waals surface area contributed by atoms with E-state index in [0.29, 0.717) is 0 Å². The van der Waals surface area contributed by atoms with Crippen LogP contribution in [0, 0.1) is 0 Å². The molecule has 96 valence electrons. The SMILES string of the molecule is CC(C)N(C)S(=O)(=O)NC1CCCCNC1. The Morgan fingerprint density at radius 2 is 2.06 bits per heavy atom. The second kappa shape index (κ2) is 5.95. The van der Waals surface area contributed by atoms with E-state index in [1.165, 1.54) is 4.31 Å². The number of hydrogen-bond donors (Lipinski definition) is 2. The minimum Gasteiger partial charge on any atom is -0.315 e. The van der Waals surface area contributed by atoms with E-state index >= 15 is 0 Å². The molecule has 1 fully saturated rings. The number of hydrogen-bond acceptors (Lipinski definition) is 3. The van der Waals surface area contributed by atoms with Crippen molar-refractivity contribution in [1.29, 1.82) is 0 Å². The molecule has 0 bridgehead atoms. The molecule has 1 rings (SSSR count). The fourth-order valence-corrected chi connectivity index (χ4v) is 3.03. The fourth-order valence-electron chi connectivity index (χ4n) is 1.69. The lowest BCUT2D eigenvalue weighted by molar-refractivity contribution is 0.392. The summed E-state index contributed by atoms with van der Waals surface area (Å²) in [4.78, 5) is 0. The van der Waals surface area contributed by atoms with E-state index in [1.807, 2.05) is 13.8 Å². The molecule has 1 atom stereocenters. The van der Waals surface area contributed by atoms with Crippen LogP contribution < -0.4 is 10.0 Å². The quantitative estimate of drug-likeness (QED) is 0.753. The highest BCUT2D eigenvalue weighted by Gasteiger charge is 2.24. The smallest absolute Gasteiger partial charge is 0.279 e. The van der Waals surface area contributed by atoms with Crippen molar-refractivity contribution in [2.75, 3.05) is 20.1 Å². The summed E-state index contributed by atoms with van der Waals surface area (Å²) in [6.07, 6.45) is 3.11. The monoisotopic (exact) mass is 249 g/mol. The lowest BCUT2D eigenvalue weighted by Gasteiger charge is -2.24. The summed E-state index contributed by atoms with van der Waals surface area (Å²) >= 11 is 0. The van der Waals surface area contributed by atoms with Gasteiger partial charge >= 0.3 is 0 Å². The molecule has 1 aliphatic rings. The molecule has 16 heavy (non-hydrogen) atoms. The van der Waals surface area contributed by atoms with E-state index in [4.69, 9.17) is 0 Å². The van der Waals surface area contributed by atoms with Crippen LogP contribution >= 0.6 is 0 Å². The molecular weight excluding hydrogens is 226 g/mol. The van der Waals surface area contributed by atoms with Gasteiger partial charge in [-0.3, -0.25) is 0 Å². The van der Waals surface area contributed by atoms with Gasteiger partial charge in [-0.15, -0.1) is 0 Å². The molecule has 2 N–H and O–H groups in total. The third-order valence-electron chi connectivity index (χ3n) is 2.97. The zero-order chi connectivity index (χ0) is 12.2. The Bertz CT molecular complexity index is 295. The first kappa shape index (κ1) is 13.9. The van der Waals surface area contributed by atoms with Crippen molar-refractivity contribution in [3.63, 3.8) is 0 Å². The first-order chi connectivity index (χ1) is 7.43. The van der Waals surface area contributed by atoms with Crippen LogP contribution in [0.15, 0.2) is 0 Å². The van der Waals surface area contributed by atoms with Crippen molar-refractivity contribution in [2.45, 2.75) is 45.2 Å². The largest absolute Gasteiger partial charge is 0.315 e. The number of nitrogens with zero attached hydrogens (tertiary/aromatic N) is 1. The highest BCUT2D eigenvalue weighted by Crippen LogP contribution is 2.08. The zero-order valence-electron chi connectivity index (χ0n) is 10.4. The van der Waals surface area contributed by atoms with Crippen molar-refractivity contribution in [1.82, 2.24) is 14.3 Å². The molecule has 5 nitrogen and oxygen atoms in total. The molecule has 0 aromatic rings. The van der Waals surface area contributed by atoms with Gasteiger partial charge < -0.3 is 5.32 Å². The van der Waals surface area contributed by atoms with E-state index in [1.54, 1.807) is 7.05 Å². The average Bonchev–Trinajstić information content (AvgIpc) is 2.44. The fraction of sp³-hybridized carbons (Fsp3) is 1.00. The van der Waals surface area contributed by atoms with Gasteiger partial charge in [0.2, 0.25) is 0 Å². The van der Waals surface area contributed by atoms with Gasteiger partial charge in [0, 0.05) is 25.7 Å². The second-order valence-electron chi connectivity index (χ2n) is 4.63. The molecular formula is C10H23N3O2S. The summed E-state index contributed by atoms with van der Waals surface area (Å²) in [6, 6.07) is 0.00457. The molecule has 1 unspecified atom stereocenters. The van der Waals surface area contributed by atoms with Crippen LogP contribution in [0.1, 0.15) is 33.1 Å². The average molecular weight is 249 g/mol. The van der Waals surface area contributed by atoms with Crippen molar-refractivity contribution in [3.05, 3.63) is 0 Å². The first-order valence-corrected chi connectivity index (χ1v) is 7.33. The number of nitrogens with one attached hydrogen (secondary N) is 2. The minimum absolute atomic E-state index is 0.0174. The Balaban J connectivity index is 2.57. The molecule has 0 aliphatic carbocycles. The topological polar surface area (TPSA) is 61.4 Å². The van der Waals surface area contributed by atoms with Crippen LogP contribution in [0.3, 0.4) is 0 Å². The van der Waals surface area contributed by atoms with Crippen molar-refractivity contribution < 1.29 is 8.42 Å². The Morgan fingerprint density at radius 3 is 2.69 bits per heavy atom. The van der Waals surface area contributed by atoms with Crippen molar-refractivity contribution >= 4 is 10.2 Å². The Labute approximate surface area is 98.8 Å². The van der Waals surface area contributed by atoms with Crippen LogP contribution in [0.2, 0.25) is 0 Å². The van der Waals surface area contributed by atoms with Gasteiger partial charge in [-0.25, -0.2) is 0 Å². The van der Waals surface area contributed by atoms with Gasteiger partial charge in [0.1, 0.15) is 0 Å². The van der Waals surface area contributed by atoms with E-state index in [0.717, 1.165) is 32.4 Å². The van der Waals surface area contributed by atoms with Gasteiger partial charge in [-0.1, -0.05) is 6.42 Å². The standard InChI is InChI=1S/C10H23N3O2S/c1-9(2)13(3)16(14,15)12-10-6-4-5-7-11-8-10/h9-12H,4-8H2,1-3H3. The van der Waals surface area contributed by atoms with Crippen LogP contribution in [-0.2, 0) is 10.2 Å². The van der Waals surface area contributed by atoms with Crippen LogP contribution in [-0.4, -0.2) is 44.9 Å². The maximum Gasteiger partial charge on any atom is 0.279 e. The maximum atomic E-state index is 11.9.